The number of amides is 1. The number of piperidine rings is 1. The fourth-order valence-electron chi connectivity index (χ4n) is 3.27. The zero-order valence-electron chi connectivity index (χ0n) is 15.5. The molecule has 0 saturated carbocycles. The van der Waals surface area contributed by atoms with Crippen LogP contribution in [0.4, 0.5) is 5.69 Å². The van der Waals surface area contributed by atoms with Gasteiger partial charge in [-0.25, -0.2) is 8.42 Å². The van der Waals surface area contributed by atoms with Crippen LogP contribution in [0, 0.1) is 0 Å². The Hall–Kier alpha value is -1.74. The number of hydrogen-bond acceptors (Lipinski definition) is 4. The van der Waals surface area contributed by atoms with Gasteiger partial charge in [0, 0.05) is 24.3 Å². The number of sulfonamides is 1. The van der Waals surface area contributed by atoms with Gasteiger partial charge in [-0.1, -0.05) is 12.5 Å². The number of thiophene rings is 1. The molecule has 1 aromatic carbocycles. The highest BCUT2D eigenvalue weighted by atomic mass is 32.2. The highest BCUT2D eigenvalue weighted by Crippen LogP contribution is 2.22. The molecule has 146 valence electrons. The molecule has 8 heteroatoms. The first-order chi connectivity index (χ1) is 12.9. The van der Waals surface area contributed by atoms with Gasteiger partial charge in [-0.15, -0.1) is 0 Å². The van der Waals surface area contributed by atoms with Crippen molar-refractivity contribution in [3.8, 4) is 0 Å². The number of benzene rings is 1. The SMILES string of the molecule is C[NH+](CC(=O)Nc1cccc(S(=O)(=O)N2CCCCC2)c1)Cc1ccsc1. The zero-order valence-corrected chi connectivity index (χ0v) is 17.1. The number of hydrogen-bond donors (Lipinski definition) is 2. The van der Waals surface area contributed by atoms with Crippen molar-refractivity contribution in [2.75, 3.05) is 32.0 Å². The van der Waals surface area contributed by atoms with Crippen molar-refractivity contribution >= 4 is 33.0 Å². The fraction of sp³-hybridized carbons (Fsp3) is 0.421. The summed E-state index contributed by atoms with van der Waals surface area (Å²) in [5, 5.41) is 6.93. The van der Waals surface area contributed by atoms with Crippen LogP contribution in [0.25, 0.3) is 0 Å². The Balaban J connectivity index is 1.62. The minimum Gasteiger partial charge on any atom is -0.326 e. The normalized spacial score (nSPS) is 16.8. The molecule has 1 saturated heterocycles. The molecule has 1 fully saturated rings. The number of likely N-dealkylation sites (N-methyl/N-ethyl adjacent to an activating group) is 1. The van der Waals surface area contributed by atoms with Crippen LogP contribution in [-0.4, -0.2) is 45.3 Å². The number of rotatable bonds is 7. The maximum absolute atomic E-state index is 12.8. The van der Waals surface area contributed by atoms with Crippen LogP contribution in [0.5, 0.6) is 0 Å². The van der Waals surface area contributed by atoms with E-state index in [1.807, 2.05) is 12.4 Å². The van der Waals surface area contributed by atoms with E-state index in [1.165, 1.54) is 9.87 Å². The lowest BCUT2D eigenvalue weighted by Crippen LogP contribution is -3.08. The summed E-state index contributed by atoms with van der Waals surface area (Å²) in [4.78, 5) is 13.6. The Labute approximate surface area is 164 Å². The number of nitrogens with one attached hydrogen (secondary N) is 2. The first-order valence-electron chi connectivity index (χ1n) is 9.17. The van der Waals surface area contributed by atoms with Crippen molar-refractivity contribution in [1.29, 1.82) is 0 Å². The van der Waals surface area contributed by atoms with E-state index in [-0.39, 0.29) is 10.8 Å². The van der Waals surface area contributed by atoms with E-state index in [9.17, 15) is 13.2 Å². The van der Waals surface area contributed by atoms with E-state index in [0.29, 0.717) is 25.3 Å². The summed E-state index contributed by atoms with van der Waals surface area (Å²) in [6, 6.07) is 8.60. The van der Waals surface area contributed by atoms with Gasteiger partial charge in [-0.3, -0.25) is 4.79 Å². The largest absolute Gasteiger partial charge is 0.326 e. The van der Waals surface area contributed by atoms with Gasteiger partial charge < -0.3 is 10.2 Å². The second kappa shape index (κ2) is 8.97. The van der Waals surface area contributed by atoms with E-state index in [0.717, 1.165) is 30.7 Å². The Kier molecular flexibility index (Phi) is 6.64. The Morgan fingerprint density at radius 2 is 2.00 bits per heavy atom. The first-order valence-corrected chi connectivity index (χ1v) is 11.6. The molecule has 2 heterocycles. The second-order valence-corrected chi connectivity index (χ2v) is 9.70. The van der Waals surface area contributed by atoms with Gasteiger partial charge >= 0.3 is 0 Å². The van der Waals surface area contributed by atoms with E-state index in [1.54, 1.807) is 35.6 Å². The second-order valence-electron chi connectivity index (χ2n) is 6.98. The van der Waals surface area contributed by atoms with Gasteiger partial charge in [0.25, 0.3) is 5.91 Å². The van der Waals surface area contributed by atoms with E-state index in [2.05, 4.69) is 16.8 Å². The van der Waals surface area contributed by atoms with Crippen molar-refractivity contribution in [2.24, 2.45) is 0 Å². The first kappa shape index (κ1) is 20.0. The Morgan fingerprint density at radius 1 is 1.22 bits per heavy atom. The third kappa shape index (κ3) is 5.38. The van der Waals surface area contributed by atoms with Gasteiger partial charge in [0.2, 0.25) is 10.0 Å². The molecule has 1 amide bonds. The third-order valence-corrected chi connectivity index (χ3v) is 7.25. The lowest BCUT2D eigenvalue weighted by Gasteiger charge is -2.26. The average molecular weight is 409 g/mol. The minimum absolute atomic E-state index is 0.129. The predicted molar refractivity (Wildman–Crippen MR) is 107 cm³/mol. The van der Waals surface area contributed by atoms with Crippen LogP contribution in [0.2, 0.25) is 0 Å². The number of quaternary nitrogens is 1. The van der Waals surface area contributed by atoms with Gasteiger partial charge in [0.1, 0.15) is 6.54 Å². The molecule has 1 atom stereocenters. The van der Waals surface area contributed by atoms with Crippen molar-refractivity contribution in [2.45, 2.75) is 30.7 Å². The minimum atomic E-state index is -3.50. The zero-order chi connectivity index (χ0) is 19.3. The molecule has 1 unspecified atom stereocenters. The van der Waals surface area contributed by atoms with Crippen molar-refractivity contribution in [3.63, 3.8) is 0 Å². The summed E-state index contributed by atoms with van der Waals surface area (Å²) in [5.74, 6) is -0.129. The molecule has 3 rings (SSSR count). The van der Waals surface area contributed by atoms with Crippen LogP contribution in [0.15, 0.2) is 46.0 Å². The highest BCUT2D eigenvalue weighted by Gasteiger charge is 2.26. The fourth-order valence-corrected chi connectivity index (χ4v) is 5.50. The monoisotopic (exact) mass is 408 g/mol. The van der Waals surface area contributed by atoms with Crippen LogP contribution < -0.4 is 10.2 Å². The van der Waals surface area contributed by atoms with Crippen molar-refractivity contribution in [3.05, 3.63) is 46.7 Å². The smallest absolute Gasteiger partial charge is 0.279 e. The standard InChI is InChI=1S/C19H25N3O3S2/c1-21(13-16-8-11-26-15-16)14-19(23)20-17-6-5-7-18(12-17)27(24,25)22-9-3-2-4-10-22/h5-8,11-12,15H,2-4,9-10,13-14H2,1H3,(H,20,23)/p+1. The maximum atomic E-state index is 12.8. The number of carbonyl (C=O) groups excluding carboxylic acids is 1. The van der Waals surface area contributed by atoms with Gasteiger partial charge in [-0.05, 0) is 47.9 Å². The lowest BCUT2D eigenvalue weighted by atomic mass is 10.2. The predicted octanol–water partition coefficient (Wildman–Crippen LogP) is 1.58. The molecular formula is C19H26N3O3S2+. The number of anilines is 1. The quantitative estimate of drug-likeness (QED) is 0.731. The molecule has 1 aliphatic heterocycles. The van der Waals surface area contributed by atoms with Crippen LogP contribution in [0.3, 0.4) is 0 Å². The van der Waals surface area contributed by atoms with Crippen LogP contribution in [-0.2, 0) is 21.4 Å². The topological polar surface area (TPSA) is 70.9 Å². The molecular weight excluding hydrogens is 382 g/mol. The van der Waals surface area contributed by atoms with Crippen LogP contribution in [0.1, 0.15) is 24.8 Å². The molecule has 0 spiro atoms. The third-order valence-electron chi connectivity index (χ3n) is 4.62. The van der Waals surface area contributed by atoms with Gasteiger partial charge in [0.15, 0.2) is 6.54 Å². The molecule has 0 bridgehead atoms. The average Bonchev–Trinajstić information content (AvgIpc) is 3.15. The van der Waals surface area contributed by atoms with Crippen molar-refractivity contribution < 1.29 is 18.1 Å². The van der Waals surface area contributed by atoms with E-state index >= 15 is 0 Å². The Bertz CT molecular complexity index is 860. The number of nitrogens with zero attached hydrogens (tertiary/aromatic N) is 1. The molecule has 27 heavy (non-hydrogen) atoms. The highest BCUT2D eigenvalue weighted by molar-refractivity contribution is 7.89. The molecule has 0 radical (unpaired) electrons. The number of carbonyl (C=O) groups is 1. The van der Waals surface area contributed by atoms with E-state index in [4.69, 9.17) is 0 Å². The van der Waals surface area contributed by atoms with Crippen LogP contribution >= 0.6 is 11.3 Å². The molecule has 1 aliphatic rings. The van der Waals surface area contributed by atoms with Gasteiger partial charge in [-0.2, -0.15) is 15.6 Å². The summed E-state index contributed by atoms with van der Waals surface area (Å²) < 4.78 is 27.1. The summed E-state index contributed by atoms with van der Waals surface area (Å²) in [6.07, 6.45) is 2.87. The summed E-state index contributed by atoms with van der Waals surface area (Å²) in [5.41, 5.74) is 1.72. The lowest BCUT2D eigenvalue weighted by molar-refractivity contribution is -0.885. The Morgan fingerprint density at radius 3 is 2.70 bits per heavy atom. The van der Waals surface area contributed by atoms with E-state index < -0.39 is 10.0 Å². The molecule has 1 aromatic heterocycles. The summed E-state index contributed by atoms with van der Waals surface area (Å²) in [7, 11) is -1.53. The van der Waals surface area contributed by atoms with Crippen molar-refractivity contribution in [1.82, 2.24) is 4.31 Å². The summed E-state index contributed by atoms with van der Waals surface area (Å²) in [6.45, 7) is 2.23. The van der Waals surface area contributed by atoms with Gasteiger partial charge in [0.05, 0.1) is 11.9 Å². The molecule has 6 nitrogen and oxygen atoms in total. The molecule has 0 aliphatic carbocycles. The molecule has 2 aromatic rings. The maximum Gasteiger partial charge on any atom is 0.279 e. The summed E-state index contributed by atoms with van der Waals surface area (Å²) >= 11 is 1.64. The molecule has 2 N–H and O–H groups in total.